The summed E-state index contributed by atoms with van der Waals surface area (Å²) < 4.78 is 13.2. The molecule has 1 aromatic rings. The molecule has 3 heteroatoms. The fourth-order valence-electron chi connectivity index (χ4n) is 2.68. The zero-order chi connectivity index (χ0) is 12.3. The third-order valence-corrected chi connectivity index (χ3v) is 3.54. The van der Waals surface area contributed by atoms with Crippen molar-refractivity contribution in [3.05, 3.63) is 35.6 Å². The normalized spacial score (nSPS) is 23.9. The van der Waals surface area contributed by atoms with E-state index in [0.717, 1.165) is 32.4 Å². The molecule has 0 radical (unpaired) electrons. The third-order valence-electron chi connectivity index (χ3n) is 3.54. The lowest BCUT2D eigenvalue weighted by Crippen LogP contribution is -2.33. The highest BCUT2D eigenvalue weighted by atomic mass is 19.1. The minimum Gasteiger partial charge on any atom is -0.316 e. The van der Waals surface area contributed by atoms with Crippen LogP contribution in [0.25, 0.3) is 0 Å². The molecule has 1 heterocycles. The van der Waals surface area contributed by atoms with Gasteiger partial charge in [-0.25, -0.2) is 4.39 Å². The van der Waals surface area contributed by atoms with Gasteiger partial charge in [0.1, 0.15) is 5.82 Å². The number of nitrogens with one attached hydrogen (secondary N) is 1. The van der Waals surface area contributed by atoms with Crippen molar-refractivity contribution < 1.29 is 9.18 Å². The Hall–Kier alpha value is -1.22. The second kappa shape index (κ2) is 4.96. The summed E-state index contributed by atoms with van der Waals surface area (Å²) in [5, 5.41) is 3.25. The molecule has 0 saturated carbocycles. The third kappa shape index (κ3) is 2.39. The van der Waals surface area contributed by atoms with Crippen LogP contribution in [0.2, 0.25) is 0 Å². The zero-order valence-corrected chi connectivity index (χ0v) is 10.1. The molecular weight excluding hydrogens is 217 g/mol. The first-order chi connectivity index (χ1) is 8.18. The van der Waals surface area contributed by atoms with Gasteiger partial charge < -0.3 is 5.32 Å². The van der Waals surface area contributed by atoms with Crippen molar-refractivity contribution >= 4 is 5.78 Å². The van der Waals surface area contributed by atoms with Crippen molar-refractivity contribution in [2.24, 2.45) is 5.41 Å². The Morgan fingerprint density at radius 2 is 2.35 bits per heavy atom. The molecule has 2 nitrogen and oxygen atoms in total. The highest BCUT2D eigenvalue weighted by Crippen LogP contribution is 2.34. The van der Waals surface area contributed by atoms with Gasteiger partial charge in [0.15, 0.2) is 5.78 Å². The Kier molecular flexibility index (Phi) is 3.57. The highest BCUT2D eigenvalue weighted by molar-refractivity contribution is 6.00. The number of hydrogen-bond donors (Lipinski definition) is 1. The SMILES string of the molecule is CCCC1(C(=O)c2cccc(F)c2)CCNC1. The van der Waals surface area contributed by atoms with Crippen molar-refractivity contribution in [1.29, 1.82) is 0 Å². The molecule has 0 aromatic heterocycles. The van der Waals surface area contributed by atoms with Gasteiger partial charge in [-0.2, -0.15) is 0 Å². The molecule has 1 atom stereocenters. The summed E-state index contributed by atoms with van der Waals surface area (Å²) in [5.41, 5.74) is 0.185. The van der Waals surface area contributed by atoms with Gasteiger partial charge in [-0.3, -0.25) is 4.79 Å². The highest BCUT2D eigenvalue weighted by Gasteiger charge is 2.40. The summed E-state index contributed by atoms with van der Waals surface area (Å²) in [6.45, 7) is 3.68. The summed E-state index contributed by atoms with van der Waals surface area (Å²) >= 11 is 0. The first-order valence-electron chi connectivity index (χ1n) is 6.19. The number of ketones is 1. The van der Waals surface area contributed by atoms with E-state index in [2.05, 4.69) is 12.2 Å². The van der Waals surface area contributed by atoms with E-state index in [1.165, 1.54) is 12.1 Å². The first kappa shape index (κ1) is 12.2. The van der Waals surface area contributed by atoms with Crippen LogP contribution in [0.4, 0.5) is 4.39 Å². The van der Waals surface area contributed by atoms with E-state index in [1.54, 1.807) is 12.1 Å². The molecule has 1 aliphatic heterocycles. The molecule has 1 fully saturated rings. The molecule has 1 aliphatic rings. The van der Waals surface area contributed by atoms with Crippen molar-refractivity contribution in [2.45, 2.75) is 26.2 Å². The second-order valence-corrected chi connectivity index (χ2v) is 4.80. The van der Waals surface area contributed by atoms with E-state index in [9.17, 15) is 9.18 Å². The van der Waals surface area contributed by atoms with Crippen molar-refractivity contribution in [3.63, 3.8) is 0 Å². The second-order valence-electron chi connectivity index (χ2n) is 4.80. The quantitative estimate of drug-likeness (QED) is 0.813. The van der Waals surface area contributed by atoms with Crippen molar-refractivity contribution in [2.75, 3.05) is 13.1 Å². The number of hydrogen-bond acceptors (Lipinski definition) is 2. The molecule has 1 saturated heterocycles. The van der Waals surface area contributed by atoms with Crippen LogP contribution >= 0.6 is 0 Å². The average Bonchev–Trinajstić information content (AvgIpc) is 2.78. The predicted molar refractivity (Wildman–Crippen MR) is 65.6 cm³/mol. The van der Waals surface area contributed by atoms with E-state index < -0.39 is 0 Å². The lowest BCUT2D eigenvalue weighted by Gasteiger charge is -2.26. The lowest BCUT2D eigenvalue weighted by atomic mass is 9.76. The van der Waals surface area contributed by atoms with Crippen LogP contribution in [0.5, 0.6) is 0 Å². The molecule has 2 rings (SSSR count). The molecule has 0 spiro atoms. The van der Waals surface area contributed by atoms with E-state index in [4.69, 9.17) is 0 Å². The lowest BCUT2D eigenvalue weighted by molar-refractivity contribution is 0.0801. The maximum absolute atomic E-state index is 13.2. The minimum absolute atomic E-state index is 0.0869. The first-order valence-corrected chi connectivity index (χ1v) is 6.19. The number of Topliss-reactive ketones (excluding diaryl/α,β-unsaturated/α-hetero) is 1. The van der Waals surface area contributed by atoms with E-state index in [0.29, 0.717) is 5.56 Å². The Balaban J connectivity index is 2.28. The summed E-state index contributed by atoms with van der Waals surface area (Å²) in [7, 11) is 0. The van der Waals surface area contributed by atoms with Crippen LogP contribution in [0, 0.1) is 11.2 Å². The molecule has 1 N–H and O–H groups in total. The van der Waals surface area contributed by atoms with Gasteiger partial charge in [0.05, 0.1) is 0 Å². The van der Waals surface area contributed by atoms with Gasteiger partial charge in [-0.15, -0.1) is 0 Å². The van der Waals surface area contributed by atoms with Gasteiger partial charge in [0.25, 0.3) is 0 Å². The smallest absolute Gasteiger partial charge is 0.170 e. The minimum atomic E-state index is -0.339. The van der Waals surface area contributed by atoms with Crippen LogP contribution in [-0.4, -0.2) is 18.9 Å². The van der Waals surface area contributed by atoms with Gasteiger partial charge in [-0.1, -0.05) is 25.5 Å². The Morgan fingerprint density at radius 3 is 2.94 bits per heavy atom. The van der Waals surface area contributed by atoms with Gasteiger partial charge in [0.2, 0.25) is 0 Å². The fraction of sp³-hybridized carbons (Fsp3) is 0.500. The molecule has 1 unspecified atom stereocenters. The van der Waals surface area contributed by atoms with E-state index in [1.807, 2.05) is 0 Å². The number of carbonyl (C=O) groups excluding carboxylic acids is 1. The molecule has 0 amide bonds. The Bertz CT molecular complexity index is 410. The van der Waals surface area contributed by atoms with Crippen LogP contribution in [0.15, 0.2) is 24.3 Å². The Labute approximate surface area is 101 Å². The summed E-state index contributed by atoms with van der Waals surface area (Å²) in [6.07, 6.45) is 2.70. The standard InChI is InChI=1S/C14H18FNO/c1-2-6-14(7-8-16-10-14)13(17)11-4-3-5-12(15)9-11/h3-5,9,16H,2,6-8,10H2,1H3. The molecule has 17 heavy (non-hydrogen) atoms. The maximum Gasteiger partial charge on any atom is 0.170 e. The molecule has 0 bridgehead atoms. The van der Waals surface area contributed by atoms with Crippen LogP contribution in [-0.2, 0) is 0 Å². The molecule has 92 valence electrons. The topological polar surface area (TPSA) is 29.1 Å². The number of rotatable bonds is 4. The van der Waals surface area contributed by atoms with E-state index in [-0.39, 0.29) is 17.0 Å². The number of benzene rings is 1. The largest absolute Gasteiger partial charge is 0.316 e. The van der Waals surface area contributed by atoms with Gasteiger partial charge in [0, 0.05) is 17.5 Å². The van der Waals surface area contributed by atoms with Gasteiger partial charge in [-0.05, 0) is 31.5 Å². The van der Waals surface area contributed by atoms with Gasteiger partial charge >= 0.3 is 0 Å². The zero-order valence-electron chi connectivity index (χ0n) is 10.1. The average molecular weight is 235 g/mol. The summed E-state index contributed by atoms with van der Waals surface area (Å²) in [4.78, 5) is 12.5. The van der Waals surface area contributed by atoms with Crippen LogP contribution in [0.3, 0.4) is 0 Å². The number of carbonyl (C=O) groups is 1. The molecule has 1 aromatic carbocycles. The van der Waals surface area contributed by atoms with E-state index >= 15 is 0 Å². The van der Waals surface area contributed by atoms with Crippen LogP contribution < -0.4 is 5.32 Å². The predicted octanol–water partition coefficient (Wildman–Crippen LogP) is 2.79. The van der Waals surface area contributed by atoms with Crippen molar-refractivity contribution in [3.8, 4) is 0 Å². The molecular formula is C14H18FNO. The maximum atomic E-state index is 13.2. The molecule has 0 aliphatic carbocycles. The Morgan fingerprint density at radius 1 is 1.53 bits per heavy atom. The fourth-order valence-corrected chi connectivity index (χ4v) is 2.68. The summed E-state index contributed by atoms with van der Waals surface area (Å²) in [6, 6.07) is 6.03. The van der Waals surface area contributed by atoms with Crippen LogP contribution in [0.1, 0.15) is 36.5 Å². The van der Waals surface area contributed by atoms with Crippen molar-refractivity contribution in [1.82, 2.24) is 5.32 Å². The number of halogens is 1. The monoisotopic (exact) mass is 235 g/mol. The summed E-state index contributed by atoms with van der Waals surface area (Å²) in [5.74, 6) is -0.252.